The summed E-state index contributed by atoms with van der Waals surface area (Å²) in [5.74, 6) is -1.29. The lowest BCUT2D eigenvalue weighted by atomic mass is 10.2. The van der Waals surface area contributed by atoms with Crippen LogP contribution >= 0.6 is 11.6 Å². The molecule has 0 unspecified atom stereocenters. The number of halogens is 1. The van der Waals surface area contributed by atoms with Crippen molar-refractivity contribution in [3.63, 3.8) is 0 Å². The molecule has 3 rings (SSSR count). The van der Waals surface area contributed by atoms with Crippen LogP contribution in [0.25, 0.3) is 6.08 Å². The molecule has 3 N–H and O–H groups in total. The lowest BCUT2D eigenvalue weighted by molar-refractivity contribution is -0.111. The molecule has 30 heavy (non-hydrogen) atoms. The zero-order valence-corrected chi connectivity index (χ0v) is 16.5. The number of nitrogens with one attached hydrogen (secondary N) is 1. The number of hydrogen-bond donors (Lipinski definition) is 3. The van der Waals surface area contributed by atoms with Crippen molar-refractivity contribution in [1.82, 2.24) is 0 Å². The van der Waals surface area contributed by atoms with Crippen LogP contribution in [0.4, 0.5) is 5.69 Å². The lowest BCUT2D eigenvalue weighted by Crippen LogP contribution is -2.08. The fourth-order valence-corrected chi connectivity index (χ4v) is 2.76. The number of carbonyl (C=O) groups is 2. The summed E-state index contributed by atoms with van der Waals surface area (Å²) < 4.78 is 5.71. The number of carboxylic acids is 1. The Morgan fingerprint density at radius 1 is 1.03 bits per heavy atom. The Labute approximate surface area is 178 Å². The van der Waals surface area contributed by atoms with Gasteiger partial charge in [-0.05, 0) is 48.0 Å². The van der Waals surface area contributed by atoms with Gasteiger partial charge in [-0.1, -0.05) is 41.9 Å². The Kier molecular flexibility index (Phi) is 6.72. The maximum atomic E-state index is 12.1. The van der Waals surface area contributed by atoms with Crippen molar-refractivity contribution in [1.29, 1.82) is 0 Å². The van der Waals surface area contributed by atoms with Crippen LogP contribution in [0.15, 0.2) is 72.8 Å². The zero-order valence-electron chi connectivity index (χ0n) is 15.7. The molecule has 0 aliphatic carbocycles. The normalized spacial score (nSPS) is 10.7. The molecule has 3 aromatic carbocycles. The van der Waals surface area contributed by atoms with Crippen molar-refractivity contribution in [3.8, 4) is 11.5 Å². The summed E-state index contributed by atoms with van der Waals surface area (Å²) in [6.07, 6.45) is 2.92. The van der Waals surface area contributed by atoms with Gasteiger partial charge in [0.05, 0.1) is 11.3 Å². The highest BCUT2D eigenvalue weighted by atomic mass is 35.5. The van der Waals surface area contributed by atoms with Crippen molar-refractivity contribution in [2.45, 2.75) is 6.61 Å². The molecular formula is C23H18ClNO5. The Bertz CT molecular complexity index is 1090. The molecule has 1 amide bonds. The summed E-state index contributed by atoms with van der Waals surface area (Å²) in [5.41, 5.74) is 1.72. The smallest absolute Gasteiger partial charge is 0.335 e. The third-order valence-corrected chi connectivity index (χ3v) is 4.53. The zero-order chi connectivity index (χ0) is 21.5. The van der Waals surface area contributed by atoms with Gasteiger partial charge in [-0.15, -0.1) is 0 Å². The van der Waals surface area contributed by atoms with Gasteiger partial charge in [0.1, 0.15) is 18.1 Å². The van der Waals surface area contributed by atoms with Gasteiger partial charge in [0, 0.05) is 16.7 Å². The van der Waals surface area contributed by atoms with Crippen molar-refractivity contribution in [2.75, 3.05) is 5.32 Å². The van der Waals surface area contributed by atoms with Crippen LogP contribution in [0.3, 0.4) is 0 Å². The number of aromatic carboxylic acids is 1. The van der Waals surface area contributed by atoms with E-state index in [0.29, 0.717) is 17.4 Å². The molecule has 0 aliphatic heterocycles. The second kappa shape index (κ2) is 9.62. The molecule has 6 nitrogen and oxygen atoms in total. The van der Waals surface area contributed by atoms with Crippen LogP contribution in [0.2, 0.25) is 5.02 Å². The summed E-state index contributed by atoms with van der Waals surface area (Å²) in [4.78, 5) is 22.9. The van der Waals surface area contributed by atoms with Crippen molar-refractivity contribution in [3.05, 3.63) is 94.5 Å². The van der Waals surface area contributed by atoms with E-state index in [-0.39, 0.29) is 17.0 Å². The standard InChI is InChI=1S/C23H18ClNO5/c24-19-4-2-1-3-17(19)14-30-18-9-5-15(6-10-18)7-12-22(27)25-20-11-8-16(23(28)29)13-21(20)26/h1-13,26H,14H2,(H,25,27)(H,28,29)/b12-7+. The summed E-state index contributed by atoms with van der Waals surface area (Å²) >= 11 is 6.11. The predicted molar refractivity (Wildman–Crippen MR) is 115 cm³/mol. The molecule has 7 heteroatoms. The molecule has 0 fully saturated rings. The summed E-state index contributed by atoms with van der Waals surface area (Å²) in [5, 5.41) is 21.9. The van der Waals surface area contributed by atoms with Gasteiger partial charge in [0.2, 0.25) is 5.91 Å². The van der Waals surface area contributed by atoms with E-state index in [1.807, 2.05) is 18.2 Å². The van der Waals surface area contributed by atoms with E-state index in [2.05, 4.69) is 5.32 Å². The second-order valence-corrected chi connectivity index (χ2v) is 6.72. The van der Waals surface area contributed by atoms with Gasteiger partial charge in [0.15, 0.2) is 0 Å². The number of carboxylic acid groups (broad SMARTS) is 1. The summed E-state index contributed by atoms with van der Waals surface area (Å²) in [7, 11) is 0. The molecule has 0 aliphatic rings. The van der Waals surface area contributed by atoms with Gasteiger partial charge >= 0.3 is 5.97 Å². The number of amides is 1. The average molecular weight is 424 g/mol. The number of carbonyl (C=O) groups excluding carboxylic acids is 1. The number of aromatic hydroxyl groups is 1. The first kappa shape index (κ1) is 21.0. The van der Waals surface area contributed by atoms with Gasteiger partial charge in [-0.3, -0.25) is 4.79 Å². The first-order chi connectivity index (χ1) is 14.4. The highest BCUT2D eigenvalue weighted by Crippen LogP contribution is 2.24. The molecule has 0 spiro atoms. The molecule has 3 aromatic rings. The highest BCUT2D eigenvalue weighted by molar-refractivity contribution is 6.31. The Morgan fingerprint density at radius 2 is 1.77 bits per heavy atom. The molecule has 152 valence electrons. The second-order valence-electron chi connectivity index (χ2n) is 6.31. The Morgan fingerprint density at radius 3 is 2.43 bits per heavy atom. The first-order valence-electron chi connectivity index (χ1n) is 8.94. The van der Waals surface area contributed by atoms with E-state index < -0.39 is 11.9 Å². The van der Waals surface area contributed by atoms with E-state index in [1.165, 1.54) is 18.2 Å². The van der Waals surface area contributed by atoms with Crippen LogP contribution in [-0.4, -0.2) is 22.1 Å². The lowest BCUT2D eigenvalue weighted by Gasteiger charge is -2.08. The van der Waals surface area contributed by atoms with Crippen molar-refractivity contribution >= 4 is 35.2 Å². The fraction of sp³-hybridized carbons (Fsp3) is 0.0435. The van der Waals surface area contributed by atoms with Gasteiger partial charge in [-0.2, -0.15) is 0 Å². The Hall–Kier alpha value is -3.77. The predicted octanol–water partition coefficient (Wildman–Crippen LogP) is 4.97. The molecule has 0 atom stereocenters. The minimum absolute atomic E-state index is 0.0714. The number of ether oxygens (including phenoxy) is 1. The number of benzene rings is 3. The van der Waals surface area contributed by atoms with E-state index in [0.717, 1.165) is 17.2 Å². The molecule has 0 saturated heterocycles. The summed E-state index contributed by atoms with van der Waals surface area (Å²) in [6.45, 7) is 0.349. The largest absolute Gasteiger partial charge is 0.506 e. The van der Waals surface area contributed by atoms with Crippen molar-refractivity contribution in [2.24, 2.45) is 0 Å². The maximum Gasteiger partial charge on any atom is 0.335 e. The number of rotatable bonds is 7. The molecule has 0 radical (unpaired) electrons. The minimum atomic E-state index is -1.16. The van der Waals surface area contributed by atoms with Crippen LogP contribution < -0.4 is 10.1 Å². The van der Waals surface area contributed by atoms with Gasteiger partial charge < -0.3 is 20.3 Å². The van der Waals surface area contributed by atoms with E-state index in [9.17, 15) is 14.7 Å². The van der Waals surface area contributed by atoms with Crippen LogP contribution in [-0.2, 0) is 11.4 Å². The quantitative estimate of drug-likeness (QED) is 0.368. The molecule has 0 bridgehead atoms. The molecule has 0 heterocycles. The number of phenolic OH excluding ortho intramolecular Hbond substituents is 1. The topological polar surface area (TPSA) is 95.9 Å². The number of anilines is 1. The van der Waals surface area contributed by atoms with Crippen LogP contribution in [0, 0.1) is 0 Å². The highest BCUT2D eigenvalue weighted by Gasteiger charge is 2.09. The third kappa shape index (κ3) is 5.62. The average Bonchev–Trinajstić information content (AvgIpc) is 2.74. The van der Waals surface area contributed by atoms with Gasteiger partial charge in [0.25, 0.3) is 0 Å². The maximum absolute atomic E-state index is 12.1. The van der Waals surface area contributed by atoms with E-state index in [4.69, 9.17) is 21.4 Å². The van der Waals surface area contributed by atoms with Crippen LogP contribution in [0.5, 0.6) is 11.5 Å². The minimum Gasteiger partial charge on any atom is -0.506 e. The third-order valence-electron chi connectivity index (χ3n) is 4.16. The molecule has 0 aromatic heterocycles. The van der Waals surface area contributed by atoms with Gasteiger partial charge in [-0.25, -0.2) is 4.79 Å². The number of hydrogen-bond acceptors (Lipinski definition) is 4. The molecular weight excluding hydrogens is 406 g/mol. The van der Waals surface area contributed by atoms with Crippen molar-refractivity contribution < 1.29 is 24.5 Å². The van der Waals surface area contributed by atoms with E-state index in [1.54, 1.807) is 36.4 Å². The fourth-order valence-electron chi connectivity index (χ4n) is 2.57. The molecule has 0 saturated carbocycles. The first-order valence-corrected chi connectivity index (χ1v) is 9.32. The Balaban J connectivity index is 1.56. The number of phenols is 1. The summed E-state index contributed by atoms with van der Waals surface area (Å²) in [6, 6.07) is 18.3. The van der Waals surface area contributed by atoms with Crippen LogP contribution in [0.1, 0.15) is 21.5 Å². The SMILES string of the molecule is O=C(/C=C/c1ccc(OCc2ccccc2Cl)cc1)Nc1ccc(C(=O)O)cc1O. The monoisotopic (exact) mass is 423 g/mol. The van der Waals surface area contributed by atoms with E-state index >= 15 is 0 Å².